The molecule has 0 radical (unpaired) electrons. The van der Waals surface area contributed by atoms with Crippen LogP contribution in [-0.4, -0.2) is 73.5 Å². The number of hydrogen-bond donors (Lipinski definition) is 0. The van der Waals surface area contributed by atoms with E-state index in [1.807, 2.05) is 9.80 Å². The normalized spacial score (nSPS) is 24.4. The van der Waals surface area contributed by atoms with Crippen molar-refractivity contribution in [3.8, 4) is 11.5 Å². The second-order valence-corrected chi connectivity index (χ2v) is 9.16. The third-order valence-electron chi connectivity index (χ3n) is 6.38. The molecule has 3 saturated heterocycles. The standard InChI is InChI=1S/C22H26ClF3N2O5/c23-18-10-17(33-22(24,25)26)1-2-20(18)31-12-14-3-6-27(7-4-14)21(30)28-8-5-19-15(11-28)9-16(29)13-32-19/h1-2,10,14-15,19H,3-9,11-13H2/t15-,19+/m0/s1. The van der Waals surface area contributed by atoms with Crippen molar-refractivity contribution in [2.75, 3.05) is 39.4 Å². The molecule has 1 aromatic rings. The van der Waals surface area contributed by atoms with Crippen molar-refractivity contribution < 1.29 is 37.0 Å². The quantitative estimate of drug-likeness (QED) is 0.635. The lowest BCUT2D eigenvalue weighted by molar-refractivity contribution is -0.274. The highest BCUT2D eigenvalue weighted by Gasteiger charge is 2.38. The summed E-state index contributed by atoms with van der Waals surface area (Å²) in [5.74, 6) is 0.254. The Bertz CT molecular complexity index is 876. The Morgan fingerprint density at radius 1 is 1.15 bits per heavy atom. The topological polar surface area (TPSA) is 68.3 Å². The summed E-state index contributed by atoms with van der Waals surface area (Å²) in [5.41, 5.74) is 0. The van der Waals surface area contributed by atoms with Crippen LogP contribution < -0.4 is 9.47 Å². The van der Waals surface area contributed by atoms with E-state index in [1.54, 1.807) is 0 Å². The molecular weight excluding hydrogens is 465 g/mol. The Labute approximate surface area is 194 Å². The number of urea groups is 1. The molecule has 33 heavy (non-hydrogen) atoms. The number of fused-ring (bicyclic) bond motifs is 1. The van der Waals surface area contributed by atoms with Crippen molar-refractivity contribution >= 4 is 23.4 Å². The predicted molar refractivity (Wildman–Crippen MR) is 112 cm³/mol. The van der Waals surface area contributed by atoms with Crippen molar-refractivity contribution in [2.24, 2.45) is 11.8 Å². The molecule has 182 valence electrons. The molecule has 0 N–H and O–H groups in total. The molecule has 2 atom stereocenters. The van der Waals surface area contributed by atoms with Gasteiger partial charge in [-0.05, 0) is 37.3 Å². The number of ketones is 1. The monoisotopic (exact) mass is 490 g/mol. The molecule has 3 fully saturated rings. The number of benzene rings is 1. The molecule has 11 heteroatoms. The minimum absolute atomic E-state index is 0.00543. The van der Waals surface area contributed by atoms with Crippen LogP contribution in [0.4, 0.5) is 18.0 Å². The number of Topliss-reactive ketones (excluding diaryl/α,β-unsaturated/α-hetero) is 1. The SMILES string of the molecule is O=C1CO[C@@H]2CCN(C(=O)N3CCC(COc4ccc(OC(F)(F)F)cc4Cl)CC3)C[C@@H]2C1. The van der Waals surface area contributed by atoms with E-state index in [0.29, 0.717) is 39.2 Å². The molecule has 0 spiro atoms. The molecule has 3 aliphatic heterocycles. The Balaban J connectivity index is 1.22. The number of carbonyl (C=O) groups excluding carboxylic acids is 2. The Morgan fingerprint density at radius 2 is 1.88 bits per heavy atom. The predicted octanol–water partition coefficient (Wildman–Crippen LogP) is 4.13. The van der Waals surface area contributed by atoms with E-state index in [9.17, 15) is 22.8 Å². The van der Waals surface area contributed by atoms with Gasteiger partial charge < -0.3 is 24.0 Å². The molecule has 4 rings (SSSR count). The fraction of sp³-hybridized carbons (Fsp3) is 0.636. The van der Waals surface area contributed by atoms with Crippen molar-refractivity contribution in [3.05, 3.63) is 23.2 Å². The van der Waals surface area contributed by atoms with Gasteiger partial charge in [0.15, 0.2) is 5.78 Å². The van der Waals surface area contributed by atoms with Crippen molar-refractivity contribution in [1.29, 1.82) is 0 Å². The zero-order valence-corrected chi connectivity index (χ0v) is 18.7. The molecule has 2 amide bonds. The number of alkyl halides is 3. The molecule has 0 aliphatic carbocycles. The first-order valence-corrected chi connectivity index (χ1v) is 11.4. The summed E-state index contributed by atoms with van der Waals surface area (Å²) >= 11 is 6.02. The van der Waals surface area contributed by atoms with Gasteiger partial charge in [0.25, 0.3) is 0 Å². The maximum atomic E-state index is 13.0. The lowest BCUT2D eigenvalue weighted by Crippen LogP contribution is -2.54. The average molecular weight is 491 g/mol. The van der Waals surface area contributed by atoms with Gasteiger partial charge in [-0.25, -0.2) is 4.79 Å². The number of hydrogen-bond acceptors (Lipinski definition) is 5. The van der Waals surface area contributed by atoms with E-state index >= 15 is 0 Å². The van der Waals surface area contributed by atoms with E-state index in [0.717, 1.165) is 31.4 Å². The fourth-order valence-corrected chi connectivity index (χ4v) is 4.87. The number of nitrogens with zero attached hydrogens (tertiary/aromatic N) is 2. The molecule has 7 nitrogen and oxygen atoms in total. The van der Waals surface area contributed by atoms with Crippen LogP contribution in [0.5, 0.6) is 11.5 Å². The summed E-state index contributed by atoms with van der Waals surface area (Å²) in [4.78, 5) is 28.3. The summed E-state index contributed by atoms with van der Waals surface area (Å²) in [6, 6.07) is 3.57. The second-order valence-electron chi connectivity index (χ2n) is 8.75. The van der Waals surface area contributed by atoms with Gasteiger partial charge in [0.2, 0.25) is 0 Å². The van der Waals surface area contributed by atoms with Crippen molar-refractivity contribution in [2.45, 2.75) is 38.1 Å². The number of rotatable bonds is 4. The molecule has 0 bridgehead atoms. The van der Waals surface area contributed by atoms with E-state index in [4.69, 9.17) is 21.1 Å². The number of likely N-dealkylation sites (tertiary alicyclic amines) is 2. The van der Waals surface area contributed by atoms with E-state index in [2.05, 4.69) is 4.74 Å². The van der Waals surface area contributed by atoms with Gasteiger partial charge in [-0.2, -0.15) is 0 Å². The van der Waals surface area contributed by atoms with Crippen LogP contribution in [0.3, 0.4) is 0 Å². The van der Waals surface area contributed by atoms with Crippen LogP contribution in [0, 0.1) is 11.8 Å². The van der Waals surface area contributed by atoms with E-state index in [-0.39, 0.29) is 47.1 Å². The highest BCUT2D eigenvalue weighted by atomic mass is 35.5. The Kier molecular flexibility index (Phi) is 7.23. The van der Waals surface area contributed by atoms with Crippen LogP contribution >= 0.6 is 11.6 Å². The number of carbonyl (C=O) groups is 2. The average Bonchev–Trinajstić information content (AvgIpc) is 2.77. The van der Waals surface area contributed by atoms with Crippen LogP contribution in [0.2, 0.25) is 5.02 Å². The first kappa shape index (κ1) is 23.9. The largest absolute Gasteiger partial charge is 0.573 e. The molecule has 0 aromatic heterocycles. The van der Waals surface area contributed by atoms with Gasteiger partial charge in [0.05, 0.1) is 17.7 Å². The zero-order valence-electron chi connectivity index (χ0n) is 18.0. The fourth-order valence-electron chi connectivity index (χ4n) is 4.65. The summed E-state index contributed by atoms with van der Waals surface area (Å²) < 4.78 is 52.1. The summed E-state index contributed by atoms with van der Waals surface area (Å²) in [6.07, 6.45) is -1.99. The number of halogens is 4. The van der Waals surface area contributed by atoms with Gasteiger partial charge in [0, 0.05) is 44.6 Å². The third kappa shape index (κ3) is 6.23. The van der Waals surface area contributed by atoms with Gasteiger partial charge in [-0.15, -0.1) is 13.2 Å². The lowest BCUT2D eigenvalue weighted by Gasteiger charge is -2.43. The van der Waals surface area contributed by atoms with E-state index in [1.165, 1.54) is 6.07 Å². The summed E-state index contributed by atoms with van der Waals surface area (Å²) in [5, 5.41) is 0.0398. The summed E-state index contributed by atoms with van der Waals surface area (Å²) in [6.45, 7) is 2.90. The van der Waals surface area contributed by atoms with Crippen LogP contribution in [0.15, 0.2) is 18.2 Å². The van der Waals surface area contributed by atoms with Gasteiger partial charge >= 0.3 is 12.4 Å². The molecular formula is C22H26ClF3N2O5. The first-order valence-electron chi connectivity index (χ1n) is 11.0. The highest BCUT2D eigenvalue weighted by molar-refractivity contribution is 6.32. The minimum Gasteiger partial charge on any atom is -0.492 e. The zero-order chi connectivity index (χ0) is 23.6. The van der Waals surface area contributed by atoms with Crippen molar-refractivity contribution in [3.63, 3.8) is 0 Å². The molecule has 0 unspecified atom stereocenters. The molecule has 1 aromatic carbocycles. The Hall–Kier alpha value is -2.20. The summed E-state index contributed by atoms with van der Waals surface area (Å²) in [7, 11) is 0. The molecule has 0 saturated carbocycles. The Morgan fingerprint density at radius 3 is 2.58 bits per heavy atom. The van der Waals surface area contributed by atoms with Gasteiger partial charge in [0.1, 0.15) is 18.1 Å². The third-order valence-corrected chi connectivity index (χ3v) is 6.67. The lowest BCUT2D eigenvalue weighted by atomic mass is 9.88. The maximum absolute atomic E-state index is 13.0. The number of amides is 2. The number of piperidine rings is 2. The van der Waals surface area contributed by atoms with Gasteiger partial charge in [-0.1, -0.05) is 11.6 Å². The first-order chi connectivity index (χ1) is 15.7. The molecule has 3 heterocycles. The van der Waals surface area contributed by atoms with E-state index < -0.39 is 12.1 Å². The van der Waals surface area contributed by atoms with Crippen LogP contribution in [0.25, 0.3) is 0 Å². The minimum atomic E-state index is -4.78. The second kappa shape index (κ2) is 9.97. The number of ether oxygens (including phenoxy) is 3. The maximum Gasteiger partial charge on any atom is 0.573 e. The van der Waals surface area contributed by atoms with Gasteiger partial charge in [-0.3, -0.25) is 4.79 Å². The van der Waals surface area contributed by atoms with Crippen LogP contribution in [-0.2, 0) is 9.53 Å². The highest BCUT2D eigenvalue weighted by Crippen LogP contribution is 2.33. The van der Waals surface area contributed by atoms with Crippen LogP contribution in [0.1, 0.15) is 25.7 Å². The molecule has 3 aliphatic rings. The smallest absolute Gasteiger partial charge is 0.492 e. The van der Waals surface area contributed by atoms with Crippen molar-refractivity contribution in [1.82, 2.24) is 9.80 Å².